The van der Waals surface area contributed by atoms with E-state index in [1.165, 1.54) is 66.4 Å². The smallest absolute Gasteiger partial charge is 0.141 e. The van der Waals surface area contributed by atoms with Gasteiger partial charge in [-0.05, 0) is 110 Å². The van der Waals surface area contributed by atoms with Crippen molar-refractivity contribution in [2.45, 2.75) is 32.7 Å². The van der Waals surface area contributed by atoms with E-state index in [1.807, 2.05) is 0 Å². The SMILES string of the molecule is CC1Cc2c(c(C3=CC(C)C(n4c(-c5ccccc5)nc5ccccc54)C=C3)c3ccccc3c2C2=CC=CC3C=C2C3)C=C1c1ccccc1. The summed E-state index contributed by atoms with van der Waals surface area (Å²) in [6, 6.07) is 39.5. The molecule has 2 nitrogen and oxygen atoms in total. The van der Waals surface area contributed by atoms with Gasteiger partial charge in [-0.15, -0.1) is 0 Å². The molecule has 5 aliphatic carbocycles. The quantitative estimate of drug-likeness (QED) is 0.181. The van der Waals surface area contributed by atoms with Crippen LogP contribution in [0.1, 0.15) is 54.1 Å². The van der Waals surface area contributed by atoms with Gasteiger partial charge >= 0.3 is 0 Å². The van der Waals surface area contributed by atoms with E-state index in [0.717, 1.165) is 29.7 Å². The predicted molar refractivity (Wildman–Crippen MR) is 215 cm³/mol. The van der Waals surface area contributed by atoms with E-state index in [4.69, 9.17) is 4.98 Å². The second kappa shape index (κ2) is 12.0. The first-order valence-electron chi connectivity index (χ1n) is 18.5. The summed E-state index contributed by atoms with van der Waals surface area (Å²) in [7, 11) is 0. The Morgan fingerprint density at radius 2 is 1.37 bits per heavy atom. The number of allylic oxidation sites excluding steroid dienone is 11. The van der Waals surface area contributed by atoms with Crippen LogP contribution in [-0.4, -0.2) is 9.55 Å². The van der Waals surface area contributed by atoms with Gasteiger partial charge in [0.15, 0.2) is 0 Å². The summed E-state index contributed by atoms with van der Waals surface area (Å²) in [5.41, 5.74) is 15.9. The normalized spacial score (nSPS) is 22.1. The lowest BCUT2D eigenvalue weighted by molar-refractivity contribution is 0.502. The molecule has 0 N–H and O–H groups in total. The molecule has 5 aliphatic rings. The van der Waals surface area contributed by atoms with Crippen LogP contribution in [0.15, 0.2) is 157 Å². The van der Waals surface area contributed by atoms with E-state index in [9.17, 15) is 0 Å². The van der Waals surface area contributed by atoms with Crippen molar-refractivity contribution in [3.63, 3.8) is 0 Å². The van der Waals surface area contributed by atoms with Gasteiger partial charge in [-0.3, -0.25) is 0 Å². The molecule has 0 saturated carbocycles. The highest BCUT2D eigenvalue weighted by atomic mass is 15.1. The fraction of sp³-hybridized carbons (Fsp3) is 0.163. The highest BCUT2D eigenvalue weighted by Crippen LogP contribution is 2.50. The van der Waals surface area contributed by atoms with Crippen molar-refractivity contribution in [1.82, 2.24) is 9.55 Å². The minimum atomic E-state index is 0.134. The Morgan fingerprint density at radius 1 is 0.686 bits per heavy atom. The van der Waals surface area contributed by atoms with Crippen LogP contribution in [0.3, 0.4) is 0 Å². The zero-order chi connectivity index (χ0) is 34.1. The summed E-state index contributed by atoms with van der Waals surface area (Å²) in [6.45, 7) is 4.78. The molecule has 0 amide bonds. The first-order chi connectivity index (χ1) is 25.1. The molecule has 4 atom stereocenters. The maximum Gasteiger partial charge on any atom is 0.141 e. The molecule has 0 radical (unpaired) electrons. The number of hydrogen-bond acceptors (Lipinski definition) is 1. The van der Waals surface area contributed by atoms with Crippen molar-refractivity contribution in [3.8, 4) is 11.4 Å². The number of imidazole rings is 1. The van der Waals surface area contributed by atoms with Gasteiger partial charge in [0.2, 0.25) is 0 Å². The van der Waals surface area contributed by atoms with Gasteiger partial charge in [-0.1, -0.05) is 153 Å². The molecule has 4 unspecified atom stereocenters. The van der Waals surface area contributed by atoms with Crippen molar-refractivity contribution in [2.75, 3.05) is 0 Å². The molecular formula is C49H40N2. The first kappa shape index (κ1) is 30.1. The molecule has 1 heterocycles. The monoisotopic (exact) mass is 656 g/mol. The average Bonchev–Trinajstić information content (AvgIpc) is 3.25. The first-order valence-corrected chi connectivity index (χ1v) is 18.5. The summed E-state index contributed by atoms with van der Waals surface area (Å²) in [5.74, 6) is 2.24. The molecule has 2 heteroatoms. The summed E-state index contributed by atoms with van der Waals surface area (Å²) in [6.07, 6.45) is 21.5. The van der Waals surface area contributed by atoms with E-state index in [0.29, 0.717) is 11.8 Å². The third-order valence-electron chi connectivity index (χ3n) is 11.6. The molecule has 6 aromatic rings. The van der Waals surface area contributed by atoms with Crippen LogP contribution in [0.4, 0.5) is 0 Å². The molecule has 0 spiro atoms. The van der Waals surface area contributed by atoms with E-state index in [2.05, 4.69) is 176 Å². The zero-order valence-corrected chi connectivity index (χ0v) is 29.1. The van der Waals surface area contributed by atoms with E-state index >= 15 is 0 Å². The second-order valence-electron chi connectivity index (χ2n) is 14.8. The lowest BCUT2D eigenvalue weighted by Gasteiger charge is -2.33. The Labute approximate surface area is 300 Å². The summed E-state index contributed by atoms with van der Waals surface area (Å²) in [5, 5.41) is 2.69. The maximum absolute atomic E-state index is 5.17. The maximum atomic E-state index is 5.17. The molecule has 11 rings (SSSR count). The Bertz CT molecular complexity index is 2550. The molecule has 2 bridgehead atoms. The van der Waals surface area contributed by atoms with Crippen LogP contribution in [0.25, 0.3) is 56.0 Å². The number of fused-ring (bicyclic) bond motifs is 4. The standard InChI is InChI=1S/C49H40N2/c1-31-27-42-43(30-41(31)34-15-5-3-6-16-34)47(39-19-9-10-20-40(39)48(42)38-21-13-14-33-28-37(38)29-33)36-24-25-45(32(2)26-36)51-46-23-12-11-22-44(46)50-49(51)35-17-7-4-8-18-35/h3-26,28,30-33,45H,27,29H2,1-2H3. The van der Waals surface area contributed by atoms with Crippen LogP contribution in [-0.2, 0) is 6.42 Å². The van der Waals surface area contributed by atoms with E-state index in [1.54, 1.807) is 0 Å². The van der Waals surface area contributed by atoms with Gasteiger partial charge in [0.1, 0.15) is 5.82 Å². The number of para-hydroxylation sites is 2. The minimum Gasteiger partial charge on any atom is -0.316 e. The van der Waals surface area contributed by atoms with Gasteiger partial charge in [-0.25, -0.2) is 4.98 Å². The van der Waals surface area contributed by atoms with Crippen LogP contribution >= 0.6 is 0 Å². The number of hydrogen-bond donors (Lipinski definition) is 0. The van der Waals surface area contributed by atoms with Crippen LogP contribution < -0.4 is 0 Å². The third-order valence-corrected chi connectivity index (χ3v) is 11.6. The van der Waals surface area contributed by atoms with Gasteiger partial charge in [0.25, 0.3) is 0 Å². The topological polar surface area (TPSA) is 17.8 Å². The Hall–Kier alpha value is -5.73. The zero-order valence-electron chi connectivity index (χ0n) is 29.1. The Balaban J connectivity index is 1.18. The Morgan fingerprint density at radius 3 is 2.14 bits per heavy atom. The number of rotatable bonds is 5. The molecule has 0 aliphatic heterocycles. The summed E-state index contributed by atoms with van der Waals surface area (Å²) < 4.78 is 2.45. The molecule has 0 saturated heterocycles. The lowest BCUT2D eigenvalue weighted by Crippen LogP contribution is -2.19. The van der Waals surface area contributed by atoms with Crippen molar-refractivity contribution in [2.24, 2.45) is 17.8 Å². The summed E-state index contributed by atoms with van der Waals surface area (Å²) >= 11 is 0. The third kappa shape index (κ3) is 4.88. The van der Waals surface area contributed by atoms with Gasteiger partial charge in [0, 0.05) is 5.56 Å². The van der Waals surface area contributed by atoms with E-state index < -0.39 is 0 Å². The lowest BCUT2D eigenvalue weighted by atomic mass is 9.71. The fourth-order valence-corrected chi connectivity index (χ4v) is 9.10. The van der Waals surface area contributed by atoms with Crippen molar-refractivity contribution < 1.29 is 0 Å². The van der Waals surface area contributed by atoms with Crippen LogP contribution in [0.2, 0.25) is 0 Å². The number of nitrogens with zero attached hydrogens (tertiary/aromatic N) is 2. The molecule has 0 fully saturated rings. The van der Waals surface area contributed by atoms with E-state index in [-0.39, 0.29) is 12.0 Å². The van der Waals surface area contributed by atoms with Gasteiger partial charge in [0.05, 0.1) is 17.1 Å². The predicted octanol–water partition coefficient (Wildman–Crippen LogP) is 12.3. The van der Waals surface area contributed by atoms with Crippen molar-refractivity contribution in [3.05, 3.63) is 185 Å². The van der Waals surface area contributed by atoms with Crippen LogP contribution in [0, 0.1) is 17.8 Å². The molecule has 51 heavy (non-hydrogen) atoms. The summed E-state index contributed by atoms with van der Waals surface area (Å²) in [4.78, 5) is 5.17. The second-order valence-corrected chi connectivity index (χ2v) is 14.8. The molecule has 1 aromatic heterocycles. The number of aromatic nitrogens is 2. The Kier molecular flexibility index (Phi) is 7.06. The number of benzene rings is 5. The highest BCUT2D eigenvalue weighted by Gasteiger charge is 2.32. The fourth-order valence-electron chi connectivity index (χ4n) is 9.10. The molecular weight excluding hydrogens is 617 g/mol. The van der Waals surface area contributed by atoms with Crippen LogP contribution in [0.5, 0.6) is 0 Å². The van der Waals surface area contributed by atoms with Gasteiger partial charge in [-0.2, -0.15) is 0 Å². The highest BCUT2D eigenvalue weighted by molar-refractivity contribution is 6.10. The average molecular weight is 657 g/mol. The molecule has 246 valence electrons. The minimum absolute atomic E-state index is 0.134. The van der Waals surface area contributed by atoms with Crippen molar-refractivity contribution in [1.29, 1.82) is 0 Å². The molecule has 5 aromatic carbocycles. The van der Waals surface area contributed by atoms with Gasteiger partial charge < -0.3 is 4.57 Å². The largest absolute Gasteiger partial charge is 0.316 e. The van der Waals surface area contributed by atoms with Crippen molar-refractivity contribution >= 4 is 44.6 Å².